The van der Waals surface area contributed by atoms with Crippen molar-refractivity contribution >= 4 is 5.97 Å². The summed E-state index contributed by atoms with van der Waals surface area (Å²) in [6.07, 6.45) is -2.09. The number of hydrogen-bond donors (Lipinski definition) is 0. The van der Waals surface area contributed by atoms with E-state index in [1.54, 1.807) is 36.4 Å². The Morgan fingerprint density at radius 1 is 1.08 bits per heavy atom. The van der Waals surface area contributed by atoms with Crippen molar-refractivity contribution in [1.82, 2.24) is 0 Å². The van der Waals surface area contributed by atoms with E-state index in [-0.39, 0.29) is 25.2 Å². The quantitative estimate of drug-likeness (QED) is 0.199. The van der Waals surface area contributed by atoms with E-state index < -0.39 is 34.7 Å². The molecule has 210 valence electrons. The summed E-state index contributed by atoms with van der Waals surface area (Å²) < 4.78 is 33.5. The van der Waals surface area contributed by atoms with Gasteiger partial charge in [-0.15, -0.1) is 0 Å². The molecule has 0 fully saturated rings. The Balaban J connectivity index is 1.94. The van der Waals surface area contributed by atoms with Gasteiger partial charge in [0, 0.05) is 17.4 Å². The normalized spacial score (nSPS) is 15.5. The molecule has 3 atom stereocenters. The molecule has 2 aromatic carbocycles. The maximum Gasteiger partial charge on any atom is 0.303 e. The number of carbonyl (C=O) groups is 1. The molecule has 0 saturated heterocycles. The van der Waals surface area contributed by atoms with E-state index in [1.807, 2.05) is 13.8 Å². The summed E-state index contributed by atoms with van der Waals surface area (Å²) >= 11 is 0. The Bertz CT molecular complexity index is 1200. The van der Waals surface area contributed by atoms with Gasteiger partial charge in [0.1, 0.15) is 0 Å². The van der Waals surface area contributed by atoms with Crippen molar-refractivity contribution < 1.29 is 38.1 Å². The molecular weight excluding hydrogens is 508 g/mol. The molecule has 11 nitrogen and oxygen atoms in total. The van der Waals surface area contributed by atoms with Crippen molar-refractivity contribution in [3.05, 3.63) is 52.1 Å². The Labute approximate surface area is 227 Å². The standard InChI is InChI=1S/C28H34N2O9/c1-17(2)28(16-29,19-11-12-24(34-4)27(36-6)26(19)35-5)14-13-21(37-18(3)31)20(30(32)33)15-25-38-22-9-7-8-10-23(22)39-25/h7-12,17,20-21,25H,13-15H2,1-6H3. The highest BCUT2D eigenvalue weighted by Crippen LogP contribution is 2.49. The van der Waals surface area contributed by atoms with Gasteiger partial charge in [-0.3, -0.25) is 14.9 Å². The summed E-state index contributed by atoms with van der Waals surface area (Å²) in [7, 11) is 4.43. The van der Waals surface area contributed by atoms with Crippen molar-refractivity contribution in [1.29, 1.82) is 5.26 Å². The molecular formula is C28H34N2O9. The summed E-state index contributed by atoms with van der Waals surface area (Å²) in [5, 5.41) is 22.7. The second kappa shape index (κ2) is 12.6. The number of nitro groups is 1. The van der Waals surface area contributed by atoms with Crippen molar-refractivity contribution in [2.24, 2.45) is 5.92 Å². The highest BCUT2D eigenvalue weighted by atomic mass is 16.7. The Morgan fingerprint density at radius 2 is 1.69 bits per heavy atom. The lowest BCUT2D eigenvalue weighted by molar-refractivity contribution is -0.537. The third-order valence-electron chi connectivity index (χ3n) is 7.01. The van der Waals surface area contributed by atoms with Gasteiger partial charge < -0.3 is 28.4 Å². The van der Waals surface area contributed by atoms with E-state index in [2.05, 4.69) is 6.07 Å². The summed E-state index contributed by atoms with van der Waals surface area (Å²) in [5.74, 6) is 1.13. The molecule has 39 heavy (non-hydrogen) atoms. The lowest BCUT2D eigenvalue weighted by Crippen LogP contribution is -2.43. The number of benzene rings is 2. The van der Waals surface area contributed by atoms with Crippen molar-refractivity contribution in [2.45, 2.75) is 63.9 Å². The maximum absolute atomic E-state index is 12.2. The van der Waals surface area contributed by atoms with Crippen LogP contribution in [0.25, 0.3) is 0 Å². The number of para-hydroxylation sites is 2. The van der Waals surface area contributed by atoms with E-state index >= 15 is 0 Å². The van der Waals surface area contributed by atoms with Crippen LogP contribution in [0.5, 0.6) is 28.7 Å². The molecule has 0 aliphatic carbocycles. The Hall–Kier alpha value is -4.20. The third kappa shape index (κ3) is 6.11. The highest BCUT2D eigenvalue weighted by molar-refractivity contribution is 5.66. The zero-order valence-electron chi connectivity index (χ0n) is 23.0. The van der Waals surface area contributed by atoms with Gasteiger partial charge in [-0.2, -0.15) is 5.26 Å². The summed E-state index contributed by atoms with van der Waals surface area (Å²) in [4.78, 5) is 23.8. The number of rotatable bonds is 13. The predicted octanol–water partition coefficient (Wildman–Crippen LogP) is 4.67. The van der Waals surface area contributed by atoms with Crippen LogP contribution in [0.15, 0.2) is 36.4 Å². The van der Waals surface area contributed by atoms with Gasteiger partial charge >= 0.3 is 5.97 Å². The van der Waals surface area contributed by atoms with Crippen LogP contribution in [-0.2, 0) is 14.9 Å². The van der Waals surface area contributed by atoms with Crippen LogP contribution < -0.4 is 23.7 Å². The SMILES string of the molecule is COc1ccc(C(C#N)(CCC(OC(C)=O)C(CC2Oc3ccccc3O2)[N+](=O)[O-])C(C)C)c(OC)c1OC. The largest absolute Gasteiger partial charge is 0.493 e. The molecule has 1 heterocycles. The van der Waals surface area contributed by atoms with Crippen LogP contribution in [0.3, 0.4) is 0 Å². The Kier molecular flexibility index (Phi) is 9.46. The van der Waals surface area contributed by atoms with Crippen LogP contribution in [0, 0.1) is 27.4 Å². The smallest absolute Gasteiger partial charge is 0.303 e. The van der Waals surface area contributed by atoms with E-state index in [1.165, 1.54) is 28.3 Å². The van der Waals surface area contributed by atoms with Gasteiger partial charge in [0.2, 0.25) is 12.0 Å². The van der Waals surface area contributed by atoms with E-state index in [4.69, 9.17) is 28.4 Å². The number of fused-ring (bicyclic) bond motifs is 1. The number of carbonyl (C=O) groups excluding carboxylic acids is 1. The van der Waals surface area contributed by atoms with E-state index in [0.717, 1.165) is 0 Å². The van der Waals surface area contributed by atoms with Gasteiger partial charge in [-0.25, -0.2) is 0 Å². The van der Waals surface area contributed by atoms with Gasteiger partial charge in [-0.05, 0) is 43.0 Å². The summed E-state index contributed by atoms with van der Waals surface area (Å²) in [5.41, 5.74) is -0.626. The minimum absolute atomic E-state index is 0.0220. The molecule has 0 N–H and O–H groups in total. The first-order valence-corrected chi connectivity index (χ1v) is 12.6. The highest BCUT2D eigenvalue weighted by Gasteiger charge is 2.45. The number of nitrogens with zero attached hydrogens (tertiary/aromatic N) is 2. The minimum Gasteiger partial charge on any atom is -0.493 e. The summed E-state index contributed by atoms with van der Waals surface area (Å²) in [6.45, 7) is 4.95. The van der Waals surface area contributed by atoms with Gasteiger partial charge in [0.25, 0.3) is 6.04 Å². The second-order valence-corrected chi connectivity index (χ2v) is 9.51. The number of ether oxygens (including phenoxy) is 6. The molecule has 3 rings (SSSR count). The van der Waals surface area contributed by atoms with Crippen LogP contribution in [0.2, 0.25) is 0 Å². The van der Waals surface area contributed by atoms with Gasteiger partial charge in [-0.1, -0.05) is 26.0 Å². The molecule has 2 aromatic rings. The average Bonchev–Trinajstić information content (AvgIpc) is 3.33. The van der Waals surface area contributed by atoms with E-state index in [9.17, 15) is 20.2 Å². The van der Waals surface area contributed by atoms with Crippen molar-refractivity contribution in [3.63, 3.8) is 0 Å². The van der Waals surface area contributed by atoms with Crippen LogP contribution in [0.1, 0.15) is 45.6 Å². The molecule has 0 spiro atoms. The second-order valence-electron chi connectivity index (χ2n) is 9.51. The maximum atomic E-state index is 12.2. The van der Waals surface area contributed by atoms with Crippen molar-refractivity contribution in [2.75, 3.05) is 21.3 Å². The first kappa shape index (κ1) is 29.4. The molecule has 11 heteroatoms. The van der Waals surface area contributed by atoms with E-state index in [0.29, 0.717) is 34.3 Å². The molecule has 0 radical (unpaired) electrons. The minimum atomic E-state index is -1.34. The lowest BCUT2D eigenvalue weighted by Gasteiger charge is -2.34. The number of hydrogen-bond acceptors (Lipinski definition) is 10. The van der Waals surface area contributed by atoms with Crippen LogP contribution in [0.4, 0.5) is 0 Å². The molecule has 0 bridgehead atoms. The fraction of sp³-hybridized carbons (Fsp3) is 0.500. The summed E-state index contributed by atoms with van der Waals surface area (Å²) in [6, 6.07) is 11.4. The molecule has 0 aromatic heterocycles. The molecule has 1 aliphatic rings. The van der Waals surface area contributed by atoms with Crippen LogP contribution >= 0.6 is 0 Å². The zero-order valence-corrected chi connectivity index (χ0v) is 23.0. The number of methoxy groups -OCH3 is 3. The monoisotopic (exact) mass is 542 g/mol. The predicted molar refractivity (Wildman–Crippen MR) is 140 cm³/mol. The molecule has 0 amide bonds. The molecule has 1 aliphatic heterocycles. The van der Waals surface area contributed by atoms with Gasteiger partial charge in [0.15, 0.2) is 29.1 Å². The molecule has 3 unspecified atom stereocenters. The lowest BCUT2D eigenvalue weighted by atomic mass is 9.68. The fourth-order valence-corrected chi connectivity index (χ4v) is 4.96. The average molecular weight is 543 g/mol. The zero-order chi connectivity index (χ0) is 28.7. The molecule has 0 saturated carbocycles. The fourth-order valence-electron chi connectivity index (χ4n) is 4.96. The van der Waals surface area contributed by atoms with Crippen LogP contribution in [-0.4, -0.2) is 50.7 Å². The number of esters is 1. The number of nitriles is 1. The third-order valence-corrected chi connectivity index (χ3v) is 7.01. The Morgan fingerprint density at radius 3 is 2.15 bits per heavy atom. The first-order valence-electron chi connectivity index (χ1n) is 12.6. The first-order chi connectivity index (χ1) is 18.6. The topological polar surface area (TPSA) is 139 Å². The van der Waals surface area contributed by atoms with Gasteiger partial charge in [0.05, 0.1) is 39.2 Å². The van der Waals surface area contributed by atoms with Crippen molar-refractivity contribution in [3.8, 4) is 34.8 Å².